The zero-order valence-corrected chi connectivity index (χ0v) is 17.5. The smallest absolute Gasteiger partial charge is 0.261 e. The summed E-state index contributed by atoms with van der Waals surface area (Å²) in [6.45, 7) is -0.387. The highest BCUT2D eigenvalue weighted by Gasteiger charge is 2.41. The molecule has 0 N–H and O–H groups in total. The van der Waals surface area contributed by atoms with Crippen LogP contribution in [0.3, 0.4) is 0 Å². The number of hydrogen-bond acceptors (Lipinski definition) is 5. The number of imide groups is 1. The third-order valence-corrected chi connectivity index (χ3v) is 5.69. The minimum atomic E-state index is -0.824. The second kappa shape index (κ2) is 8.51. The molecule has 0 atom stereocenters. The lowest BCUT2D eigenvalue weighted by Gasteiger charge is -2.18. The van der Waals surface area contributed by atoms with E-state index in [9.17, 15) is 18.8 Å². The molecule has 2 aliphatic rings. The lowest BCUT2D eigenvalue weighted by Crippen LogP contribution is -2.32. The summed E-state index contributed by atoms with van der Waals surface area (Å²) in [6.07, 6.45) is 2.63. The Balaban J connectivity index is 1.58. The van der Waals surface area contributed by atoms with Crippen LogP contribution in [0, 0.1) is 5.82 Å². The van der Waals surface area contributed by atoms with E-state index in [4.69, 9.17) is 21.1 Å². The Morgan fingerprint density at radius 1 is 1.06 bits per heavy atom. The Labute approximate surface area is 183 Å². The van der Waals surface area contributed by atoms with Crippen molar-refractivity contribution in [2.24, 2.45) is 0 Å². The largest absolute Gasteiger partial charge is 0.496 e. The second-order valence-corrected chi connectivity index (χ2v) is 7.66. The van der Waals surface area contributed by atoms with E-state index in [0.29, 0.717) is 35.3 Å². The van der Waals surface area contributed by atoms with Crippen molar-refractivity contribution in [2.45, 2.75) is 25.7 Å². The van der Waals surface area contributed by atoms with Gasteiger partial charge in [0, 0.05) is 17.2 Å². The van der Waals surface area contributed by atoms with E-state index in [2.05, 4.69) is 0 Å². The third kappa shape index (κ3) is 3.81. The summed E-state index contributed by atoms with van der Waals surface area (Å²) in [6, 6.07) is 8.82. The van der Waals surface area contributed by atoms with Gasteiger partial charge in [0.05, 0.1) is 23.4 Å². The van der Waals surface area contributed by atoms with Crippen LogP contribution in [0.2, 0.25) is 5.02 Å². The molecule has 1 aliphatic heterocycles. The van der Waals surface area contributed by atoms with Crippen molar-refractivity contribution in [1.29, 1.82) is 0 Å². The SMILES string of the molecule is COc1ccccc1C(=O)COc1cc(N2C(=O)C3=C(CCCC3)C2=O)c(F)cc1Cl. The summed E-state index contributed by atoms with van der Waals surface area (Å²) in [7, 11) is 1.45. The van der Waals surface area contributed by atoms with Crippen molar-refractivity contribution in [3.8, 4) is 11.5 Å². The molecule has 2 aromatic rings. The molecule has 0 saturated carbocycles. The van der Waals surface area contributed by atoms with Crippen LogP contribution in [-0.4, -0.2) is 31.3 Å². The molecule has 0 unspecified atom stereocenters. The topological polar surface area (TPSA) is 72.9 Å². The minimum absolute atomic E-state index is 0.00761. The molecule has 1 aliphatic carbocycles. The third-order valence-electron chi connectivity index (χ3n) is 5.40. The number of anilines is 1. The number of para-hydroxylation sites is 1. The predicted molar refractivity (Wildman–Crippen MR) is 112 cm³/mol. The number of Topliss-reactive ketones (excluding diaryl/α,β-unsaturated/α-hetero) is 1. The fourth-order valence-corrected chi connectivity index (χ4v) is 4.06. The Morgan fingerprint density at radius 3 is 2.35 bits per heavy atom. The van der Waals surface area contributed by atoms with E-state index in [1.54, 1.807) is 24.3 Å². The predicted octanol–water partition coefficient (Wildman–Crippen LogP) is 4.49. The van der Waals surface area contributed by atoms with Gasteiger partial charge in [0.25, 0.3) is 11.8 Å². The number of benzene rings is 2. The van der Waals surface area contributed by atoms with Gasteiger partial charge in [0.15, 0.2) is 6.61 Å². The van der Waals surface area contributed by atoms with Gasteiger partial charge in [-0.2, -0.15) is 0 Å². The van der Waals surface area contributed by atoms with E-state index in [1.165, 1.54) is 13.2 Å². The maximum atomic E-state index is 14.7. The normalized spacial score (nSPS) is 15.9. The van der Waals surface area contributed by atoms with Gasteiger partial charge in [-0.1, -0.05) is 23.7 Å². The van der Waals surface area contributed by atoms with E-state index >= 15 is 0 Å². The standard InChI is InChI=1S/C23H19ClFNO5/c1-30-20-9-5-4-8-15(20)19(27)12-31-21-11-18(17(25)10-16(21)24)26-22(28)13-6-2-3-7-14(13)23(26)29/h4-5,8-11H,2-3,6-7,12H2,1H3. The average Bonchev–Trinajstić information content (AvgIpc) is 3.03. The number of carbonyl (C=O) groups excluding carboxylic acids is 3. The maximum Gasteiger partial charge on any atom is 0.261 e. The molecule has 2 aromatic carbocycles. The first-order valence-electron chi connectivity index (χ1n) is 9.81. The molecule has 0 spiro atoms. The number of nitrogens with zero attached hydrogens (tertiary/aromatic N) is 1. The molecule has 8 heteroatoms. The van der Waals surface area contributed by atoms with Gasteiger partial charge in [-0.3, -0.25) is 14.4 Å². The quantitative estimate of drug-likeness (QED) is 0.485. The molecule has 0 radical (unpaired) electrons. The van der Waals surface area contributed by atoms with E-state index in [0.717, 1.165) is 23.8 Å². The molecular weight excluding hydrogens is 425 g/mol. The van der Waals surface area contributed by atoms with Crippen molar-refractivity contribution < 1.29 is 28.2 Å². The Hall–Kier alpha value is -3.19. The first kappa shape index (κ1) is 21.1. The Morgan fingerprint density at radius 2 is 1.71 bits per heavy atom. The van der Waals surface area contributed by atoms with Crippen molar-refractivity contribution in [3.63, 3.8) is 0 Å². The lowest BCUT2D eigenvalue weighted by atomic mass is 9.93. The monoisotopic (exact) mass is 443 g/mol. The number of hydrogen-bond donors (Lipinski definition) is 0. The van der Waals surface area contributed by atoms with Crippen molar-refractivity contribution in [2.75, 3.05) is 18.6 Å². The molecule has 31 heavy (non-hydrogen) atoms. The van der Waals surface area contributed by atoms with Gasteiger partial charge >= 0.3 is 0 Å². The van der Waals surface area contributed by atoms with Gasteiger partial charge in [0.1, 0.15) is 17.3 Å². The summed E-state index contributed by atoms with van der Waals surface area (Å²) in [4.78, 5) is 38.9. The summed E-state index contributed by atoms with van der Waals surface area (Å²) in [5.41, 5.74) is 0.970. The molecular formula is C23H19ClFNO5. The van der Waals surface area contributed by atoms with Crippen LogP contribution in [0.4, 0.5) is 10.1 Å². The lowest BCUT2D eigenvalue weighted by molar-refractivity contribution is -0.120. The van der Waals surface area contributed by atoms with Gasteiger partial charge in [-0.25, -0.2) is 9.29 Å². The fraction of sp³-hybridized carbons (Fsp3) is 0.261. The highest BCUT2D eigenvalue weighted by molar-refractivity contribution is 6.34. The second-order valence-electron chi connectivity index (χ2n) is 7.26. The Kier molecular flexibility index (Phi) is 5.78. The maximum absolute atomic E-state index is 14.7. The number of halogens is 2. The van der Waals surface area contributed by atoms with Gasteiger partial charge in [-0.15, -0.1) is 0 Å². The first-order valence-corrected chi connectivity index (χ1v) is 10.2. The van der Waals surface area contributed by atoms with E-state index < -0.39 is 17.6 Å². The molecule has 0 fully saturated rings. The van der Waals surface area contributed by atoms with Crippen LogP contribution >= 0.6 is 11.6 Å². The molecule has 0 aromatic heterocycles. The zero-order valence-electron chi connectivity index (χ0n) is 16.7. The van der Waals surface area contributed by atoms with Gasteiger partial charge in [-0.05, 0) is 43.9 Å². The van der Waals surface area contributed by atoms with E-state index in [-0.39, 0.29) is 28.8 Å². The molecule has 2 amide bonds. The van der Waals surface area contributed by atoms with Crippen LogP contribution in [0.15, 0.2) is 47.5 Å². The molecule has 0 bridgehead atoms. The zero-order chi connectivity index (χ0) is 22.1. The van der Waals surface area contributed by atoms with Crippen molar-refractivity contribution in [1.82, 2.24) is 0 Å². The van der Waals surface area contributed by atoms with Crippen LogP contribution in [0.25, 0.3) is 0 Å². The first-order chi connectivity index (χ1) is 14.9. The number of ether oxygens (including phenoxy) is 2. The highest BCUT2D eigenvalue weighted by atomic mass is 35.5. The van der Waals surface area contributed by atoms with Crippen LogP contribution in [-0.2, 0) is 9.59 Å². The fourth-order valence-electron chi connectivity index (χ4n) is 3.85. The number of carbonyl (C=O) groups is 3. The molecule has 6 nitrogen and oxygen atoms in total. The van der Waals surface area contributed by atoms with Gasteiger partial charge in [0.2, 0.25) is 5.78 Å². The minimum Gasteiger partial charge on any atom is -0.496 e. The van der Waals surface area contributed by atoms with Gasteiger partial charge < -0.3 is 9.47 Å². The van der Waals surface area contributed by atoms with Crippen LogP contribution < -0.4 is 14.4 Å². The van der Waals surface area contributed by atoms with Crippen molar-refractivity contribution in [3.05, 3.63) is 63.9 Å². The molecule has 4 rings (SSSR count). The average molecular weight is 444 g/mol. The van der Waals surface area contributed by atoms with Crippen molar-refractivity contribution >= 4 is 34.9 Å². The number of ketones is 1. The summed E-state index contributed by atoms with van der Waals surface area (Å²) in [5.74, 6) is -1.84. The summed E-state index contributed by atoms with van der Waals surface area (Å²) in [5, 5.41) is -0.0779. The summed E-state index contributed by atoms with van der Waals surface area (Å²) >= 11 is 6.09. The van der Waals surface area contributed by atoms with Crippen LogP contribution in [0.5, 0.6) is 11.5 Å². The Bertz CT molecular complexity index is 1100. The number of rotatable bonds is 6. The number of amides is 2. The van der Waals surface area contributed by atoms with E-state index in [1.807, 2.05) is 0 Å². The molecule has 1 heterocycles. The number of methoxy groups -OCH3 is 1. The summed E-state index contributed by atoms with van der Waals surface area (Å²) < 4.78 is 25.4. The van der Waals surface area contributed by atoms with Crippen LogP contribution in [0.1, 0.15) is 36.0 Å². The molecule has 0 saturated heterocycles. The highest BCUT2D eigenvalue weighted by Crippen LogP contribution is 2.39. The molecule has 160 valence electrons.